The molecule has 0 unspecified atom stereocenters. The summed E-state index contributed by atoms with van der Waals surface area (Å²) in [6.45, 7) is 0. The van der Waals surface area contributed by atoms with Crippen LogP contribution in [0.5, 0.6) is 0 Å². The summed E-state index contributed by atoms with van der Waals surface area (Å²) >= 11 is 0. The van der Waals surface area contributed by atoms with Gasteiger partial charge in [-0.1, -0.05) is 12.1 Å². The van der Waals surface area contributed by atoms with E-state index in [9.17, 15) is 4.79 Å². The summed E-state index contributed by atoms with van der Waals surface area (Å²) in [5.41, 5.74) is 3.56. The van der Waals surface area contributed by atoms with E-state index >= 15 is 0 Å². The lowest BCUT2D eigenvalue weighted by Crippen LogP contribution is -2.08. The molecule has 0 spiro atoms. The molecule has 0 saturated carbocycles. The molecule has 2 heterocycles. The first-order valence-electron chi connectivity index (χ1n) is 6.41. The SMILES string of the molecule is CN(C)c1cccc(-c2cnc3[nH]cc(C(=O)O)c3n2)c1. The van der Waals surface area contributed by atoms with E-state index in [-0.39, 0.29) is 5.56 Å². The molecule has 6 nitrogen and oxygen atoms in total. The number of hydrogen-bond donors (Lipinski definition) is 2. The number of rotatable bonds is 3. The predicted octanol–water partition coefficient (Wildman–Crippen LogP) is 2.39. The first kappa shape index (κ1) is 13.1. The van der Waals surface area contributed by atoms with Crippen molar-refractivity contribution in [3.8, 4) is 11.3 Å². The van der Waals surface area contributed by atoms with Crippen LogP contribution in [0.25, 0.3) is 22.4 Å². The average molecular weight is 282 g/mol. The smallest absolute Gasteiger partial charge is 0.339 e. The summed E-state index contributed by atoms with van der Waals surface area (Å²) in [5, 5.41) is 9.16. The minimum atomic E-state index is -1.02. The highest BCUT2D eigenvalue weighted by atomic mass is 16.4. The van der Waals surface area contributed by atoms with E-state index in [0.717, 1.165) is 11.3 Å². The molecule has 2 aromatic heterocycles. The van der Waals surface area contributed by atoms with Gasteiger partial charge in [-0.15, -0.1) is 0 Å². The van der Waals surface area contributed by atoms with E-state index in [1.165, 1.54) is 6.20 Å². The number of benzene rings is 1. The zero-order valence-electron chi connectivity index (χ0n) is 11.7. The fourth-order valence-corrected chi connectivity index (χ4v) is 2.14. The molecule has 0 atom stereocenters. The van der Waals surface area contributed by atoms with Gasteiger partial charge in [0.2, 0.25) is 0 Å². The Bertz CT molecular complexity index is 823. The molecule has 0 bridgehead atoms. The number of carboxylic acids is 1. The van der Waals surface area contributed by atoms with Crippen LogP contribution in [0.4, 0.5) is 5.69 Å². The zero-order valence-corrected chi connectivity index (χ0v) is 11.7. The highest BCUT2D eigenvalue weighted by molar-refractivity contribution is 6.00. The summed E-state index contributed by atoms with van der Waals surface area (Å²) in [4.78, 5) is 24.7. The third kappa shape index (κ3) is 2.31. The molecule has 3 rings (SSSR count). The third-order valence-corrected chi connectivity index (χ3v) is 3.27. The second kappa shape index (κ2) is 4.90. The van der Waals surface area contributed by atoms with Crippen molar-refractivity contribution in [3.05, 3.63) is 42.2 Å². The maximum absolute atomic E-state index is 11.2. The summed E-state index contributed by atoms with van der Waals surface area (Å²) < 4.78 is 0. The van der Waals surface area contributed by atoms with Crippen molar-refractivity contribution in [3.63, 3.8) is 0 Å². The number of H-pyrrole nitrogens is 1. The fraction of sp³-hybridized carbons (Fsp3) is 0.133. The van der Waals surface area contributed by atoms with Gasteiger partial charge in [0.1, 0.15) is 11.1 Å². The number of anilines is 1. The number of aromatic nitrogens is 3. The number of aromatic amines is 1. The van der Waals surface area contributed by atoms with Crippen LogP contribution in [-0.2, 0) is 0 Å². The Morgan fingerprint density at radius 1 is 1.33 bits per heavy atom. The number of aromatic carboxylic acids is 1. The summed E-state index contributed by atoms with van der Waals surface area (Å²) in [6.07, 6.45) is 3.05. The van der Waals surface area contributed by atoms with Crippen LogP contribution >= 0.6 is 0 Å². The number of fused-ring (bicyclic) bond motifs is 1. The molecule has 0 aliphatic rings. The molecule has 0 aliphatic heterocycles. The van der Waals surface area contributed by atoms with E-state index in [1.54, 1.807) is 6.20 Å². The molecule has 106 valence electrons. The summed E-state index contributed by atoms with van der Waals surface area (Å²) in [7, 11) is 3.92. The second-order valence-corrected chi connectivity index (χ2v) is 4.90. The van der Waals surface area contributed by atoms with Gasteiger partial charge in [-0.2, -0.15) is 0 Å². The van der Waals surface area contributed by atoms with E-state index < -0.39 is 5.97 Å². The average Bonchev–Trinajstić information content (AvgIpc) is 2.90. The van der Waals surface area contributed by atoms with Gasteiger partial charge in [-0.25, -0.2) is 14.8 Å². The van der Waals surface area contributed by atoms with Crippen LogP contribution in [0.15, 0.2) is 36.7 Å². The lowest BCUT2D eigenvalue weighted by atomic mass is 10.1. The molecular weight excluding hydrogens is 268 g/mol. The van der Waals surface area contributed by atoms with Gasteiger partial charge >= 0.3 is 5.97 Å². The van der Waals surface area contributed by atoms with Gasteiger partial charge < -0.3 is 15.0 Å². The molecule has 6 heteroatoms. The minimum absolute atomic E-state index is 0.128. The van der Waals surface area contributed by atoms with Crippen LogP contribution in [0, 0.1) is 0 Å². The zero-order chi connectivity index (χ0) is 15.0. The third-order valence-electron chi connectivity index (χ3n) is 3.27. The van der Waals surface area contributed by atoms with Crippen LogP contribution < -0.4 is 4.90 Å². The Hall–Kier alpha value is -2.89. The monoisotopic (exact) mass is 282 g/mol. The molecule has 0 saturated heterocycles. The van der Waals surface area contributed by atoms with E-state index in [1.807, 2.05) is 43.3 Å². The van der Waals surface area contributed by atoms with E-state index in [2.05, 4.69) is 15.0 Å². The van der Waals surface area contributed by atoms with Crippen LogP contribution in [0.3, 0.4) is 0 Å². The van der Waals surface area contributed by atoms with Crippen molar-refractivity contribution in [1.82, 2.24) is 15.0 Å². The first-order chi connectivity index (χ1) is 10.1. The highest BCUT2D eigenvalue weighted by Crippen LogP contribution is 2.24. The molecule has 1 aromatic carbocycles. The summed E-state index contributed by atoms with van der Waals surface area (Å²) in [6, 6.07) is 7.85. The van der Waals surface area contributed by atoms with Crippen LogP contribution in [0.2, 0.25) is 0 Å². The number of nitrogens with one attached hydrogen (secondary N) is 1. The Labute approximate surface area is 121 Å². The maximum atomic E-state index is 11.2. The van der Waals surface area contributed by atoms with Gasteiger partial charge in [-0.05, 0) is 12.1 Å². The molecule has 0 aliphatic carbocycles. The number of nitrogens with zero attached hydrogens (tertiary/aromatic N) is 3. The van der Waals surface area contributed by atoms with Crippen molar-refractivity contribution in [2.45, 2.75) is 0 Å². The molecule has 21 heavy (non-hydrogen) atoms. The van der Waals surface area contributed by atoms with Crippen molar-refractivity contribution >= 4 is 22.8 Å². The predicted molar refractivity (Wildman–Crippen MR) is 80.6 cm³/mol. The standard InChI is InChI=1S/C15H14N4O2/c1-19(2)10-5-3-4-9(6-10)12-8-17-14-13(18-12)11(7-16-14)15(20)21/h3-8H,1-2H3,(H,16,17)(H,20,21). The van der Waals surface area contributed by atoms with Gasteiger partial charge in [-0.3, -0.25) is 0 Å². The van der Waals surface area contributed by atoms with Crippen LogP contribution in [-0.4, -0.2) is 40.1 Å². The van der Waals surface area contributed by atoms with Gasteiger partial charge in [0.25, 0.3) is 0 Å². The number of carboxylic acid groups (broad SMARTS) is 1. The van der Waals surface area contributed by atoms with Crippen molar-refractivity contribution in [2.75, 3.05) is 19.0 Å². The summed E-state index contributed by atoms with van der Waals surface area (Å²) in [5.74, 6) is -1.02. The Morgan fingerprint density at radius 2 is 2.14 bits per heavy atom. The van der Waals surface area contributed by atoms with Gasteiger partial charge in [0.05, 0.1) is 11.9 Å². The van der Waals surface area contributed by atoms with E-state index in [4.69, 9.17) is 5.11 Å². The van der Waals surface area contributed by atoms with E-state index in [0.29, 0.717) is 16.9 Å². The molecule has 2 N–H and O–H groups in total. The lowest BCUT2D eigenvalue weighted by molar-refractivity contribution is 0.0699. The Kier molecular flexibility index (Phi) is 3.06. The molecule has 0 amide bonds. The normalized spacial score (nSPS) is 10.8. The van der Waals surface area contributed by atoms with Crippen molar-refractivity contribution in [1.29, 1.82) is 0 Å². The number of hydrogen-bond acceptors (Lipinski definition) is 4. The van der Waals surface area contributed by atoms with Crippen molar-refractivity contribution in [2.24, 2.45) is 0 Å². The lowest BCUT2D eigenvalue weighted by Gasteiger charge is -2.13. The van der Waals surface area contributed by atoms with Crippen molar-refractivity contribution < 1.29 is 9.90 Å². The largest absolute Gasteiger partial charge is 0.478 e. The van der Waals surface area contributed by atoms with Gasteiger partial charge in [0, 0.05) is 31.5 Å². The first-order valence-corrected chi connectivity index (χ1v) is 6.41. The quantitative estimate of drug-likeness (QED) is 0.770. The van der Waals surface area contributed by atoms with Gasteiger partial charge in [0.15, 0.2) is 5.65 Å². The second-order valence-electron chi connectivity index (χ2n) is 4.90. The maximum Gasteiger partial charge on any atom is 0.339 e. The number of carbonyl (C=O) groups is 1. The van der Waals surface area contributed by atoms with Crippen LogP contribution in [0.1, 0.15) is 10.4 Å². The highest BCUT2D eigenvalue weighted by Gasteiger charge is 2.14. The minimum Gasteiger partial charge on any atom is -0.478 e. The molecule has 0 radical (unpaired) electrons. The topological polar surface area (TPSA) is 82.1 Å². The molecule has 3 aromatic rings. The Morgan fingerprint density at radius 3 is 2.86 bits per heavy atom. The Balaban J connectivity index is 2.14. The molecule has 0 fully saturated rings. The fourth-order valence-electron chi connectivity index (χ4n) is 2.14. The molecular formula is C15H14N4O2.